The quantitative estimate of drug-likeness (QED) is 0.648. The van der Waals surface area contributed by atoms with Gasteiger partial charge in [0.1, 0.15) is 0 Å². The van der Waals surface area contributed by atoms with Gasteiger partial charge in [0.15, 0.2) is 0 Å². The molecule has 2 aromatic rings. The molecule has 0 spiro atoms. The summed E-state index contributed by atoms with van der Waals surface area (Å²) in [6.07, 6.45) is 2.19. The smallest absolute Gasteiger partial charge is 0.340 e. The Morgan fingerprint density at radius 2 is 1.90 bits per heavy atom. The molecule has 2 aromatic carbocycles. The van der Waals surface area contributed by atoms with E-state index in [4.69, 9.17) is 10.5 Å². The fraction of sp³-hybridized carbons (Fsp3) is 0.235. The Bertz CT molecular complexity index is 621. The number of benzene rings is 2. The first kappa shape index (κ1) is 14.9. The summed E-state index contributed by atoms with van der Waals surface area (Å²) >= 11 is 0. The van der Waals surface area contributed by atoms with E-state index in [9.17, 15) is 4.79 Å². The third kappa shape index (κ3) is 3.75. The number of carbonyl (C=O) groups excluding carboxylic acids is 1. The van der Waals surface area contributed by atoms with E-state index in [1.807, 2.05) is 12.1 Å². The molecule has 0 bridgehead atoms. The van der Waals surface area contributed by atoms with Gasteiger partial charge < -0.3 is 15.8 Å². The molecule has 0 aliphatic rings. The van der Waals surface area contributed by atoms with Gasteiger partial charge in [0.25, 0.3) is 0 Å². The van der Waals surface area contributed by atoms with Gasteiger partial charge in [0.2, 0.25) is 0 Å². The molecule has 4 nitrogen and oxygen atoms in total. The molecule has 0 amide bonds. The monoisotopic (exact) mass is 284 g/mol. The maximum absolute atomic E-state index is 11.8. The van der Waals surface area contributed by atoms with Crippen LogP contribution in [0.4, 0.5) is 17.1 Å². The van der Waals surface area contributed by atoms with Crippen LogP contribution in [0, 0.1) is 0 Å². The molecule has 0 saturated carbocycles. The molecular formula is C17H20N2O2. The zero-order chi connectivity index (χ0) is 15.2. The lowest BCUT2D eigenvalue weighted by atomic mass is 10.1. The van der Waals surface area contributed by atoms with Gasteiger partial charge >= 0.3 is 5.97 Å². The SMILES string of the molecule is CCCc1ccc(Nc2ccc(N)cc2C(=O)OC)cc1. The second-order valence-corrected chi connectivity index (χ2v) is 4.87. The lowest BCUT2D eigenvalue weighted by Gasteiger charge is -2.12. The zero-order valence-corrected chi connectivity index (χ0v) is 12.3. The van der Waals surface area contributed by atoms with Crippen LogP contribution in [0.5, 0.6) is 0 Å². The molecule has 110 valence electrons. The van der Waals surface area contributed by atoms with Crippen LogP contribution in [0.15, 0.2) is 42.5 Å². The highest BCUT2D eigenvalue weighted by molar-refractivity contribution is 5.97. The Balaban J connectivity index is 2.24. The average Bonchev–Trinajstić information content (AvgIpc) is 2.50. The van der Waals surface area contributed by atoms with Crippen molar-refractivity contribution < 1.29 is 9.53 Å². The van der Waals surface area contributed by atoms with E-state index < -0.39 is 5.97 Å². The van der Waals surface area contributed by atoms with Crippen molar-refractivity contribution in [2.24, 2.45) is 0 Å². The average molecular weight is 284 g/mol. The van der Waals surface area contributed by atoms with Gasteiger partial charge in [-0.2, -0.15) is 0 Å². The molecule has 0 atom stereocenters. The highest BCUT2D eigenvalue weighted by Gasteiger charge is 2.12. The second kappa shape index (κ2) is 6.79. The normalized spacial score (nSPS) is 10.2. The highest BCUT2D eigenvalue weighted by Crippen LogP contribution is 2.24. The molecule has 0 aliphatic carbocycles. The standard InChI is InChI=1S/C17H20N2O2/c1-3-4-12-5-8-14(9-6-12)19-16-10-7-13(18)11-15(16)17(20)21-2/h5-11,19H,3-4,18H2,1-2H3. The number of carbonyl (C=O) groups is 1. The van der Waals surface area contributed by atoms with Crippen LogP contribution >= 0.6 is 0 Å². The number of anilines is 3. The molecule has 0 heterocycles. The highest BCUT2D eigenvalue weighted by atomic mass is 16.5. The van der Waals surface area contributed by atoms with Crippen molar-refractivity contribution in [3.63, 3.8) is 0 Å². The minimum absolute atomic E-state index is 0.410. The molecule has 2 rings (SSSR count). The number of methoxy groups -OCH3 is 1. The molecular weight excluding hydrogens is 264 g/mol. The number of nitrogens with two attached hydrogens (primary N) is 1. The predicted octanol–water partition coefficient (Wildman–Crippen LogP) is 3.75. The van der Waals surface area contributed by atoms with E-state index in [1.54, 1.807) is 18.2 Å². The molecule has 0 saturated heterocycles. The number of esters is 1. The van der Waals surface area contributed by atoms with Gasteiger partial charge in [-0.3, -0.25) is 0 Å². The van der Waals surface area contributed by atoms with E-state index in [-0.39, 0.29) is 0 Å². The van der Waals surface area contributed by atoms with Crippen molar-refractivity contribution in [1.29, 1.82) is 0 Å². The third-order valence-electron chi connectivity index (χ3n) is 3.22. The molecule has 3 N–H and O–H groups in total. The zero-order valence-electron chi connectivity index (χ0n) is 12.3. The number of aryl methyl sites for hydroxylation is 1. The molecule has 0 aromatic heterocycles. The number of hydrogen-bond donors (Lipinski definition) is 2. The van der Waals surface area contributed by atoms with Gasteiger partial charge in [-0.15, -0.1) is 0 Å². The molecule has 0 unspecified atom stereocenters. The van der Waals surface area contributed by atoms with Crippen LogP contribution in [0.25, 0.3) is 0 Å². The lowest BCUT2D eigenvalue weighted by Crippen LogP contribution is -2.06. The van der Waals surface area contributed by atoms with Crippen molar-refractivity contribution in [3.8, 4) is 0 Å². The summed E-state index contributed by atoms with van der Waals surface area (Å²) in [4.78, 5) is 11.8. The number of nitrogens with one attached hydrogen (secondary N) is 1. The minimum atomic E-state index is -0.410. The number of nitrogen functional groups attached to an aromatic ring is 1. The summed E-state index contributed by atoms with van der Waals surface area (Å²) in [6.45, 7) is 2.16. The van der Waals surface area contributed by atoms with E-state index in [0.717, 1.165) is 18.5 Å². The number of rotatable bonds is 5. The van der Waals surface area contributed by atoms with Gasteiger partial charge in [0.05, 0.1) is 18.4 Å². The topological polar surface area (TPSA) is 64.3 Å². The second-order valence-electron chi connectivity index (χ2n) is 4.87. The Kier molecular flexibility index (Phi) is 4.82. The van der Waals surface area contributed by atoms with Crippen LogP contribution in [-0.4, -0.2) is 13.1 Å². The van der Waals surface area contributed by atoms with Crippen LogP contribution in [0.2, 0.25) is 0 Å². The first-order valence-corrected chi connectivity index (χ1v) is 6.98. The maximum atomic E-state index is 11.8. The minimum Gasteiger partial charge on any atom is -0.465 e. The predicted molar refractivity (Wildman–Crippen MR) is 85.9 cm³/mol. The Hall–Kier alpha value is -2.49. The first-order chi connectivity index (χ1) is 10.1. The largest absolute Gasteiger partial charge is 0.465 e. The fourth-order valence-corrected chi connectivity index (χ4v) is 2.15. The van der Waals surface area contributed by atoms with Crippen molar-refractivity contribution >= 4 is 23.0 Å². The summed E-state index contributed by atoms with van der Waals surface area (Å²) in [5, 5.41) is 3.23. The van der Waals surface area contributed by atoms with E-state index in [2.05, 4.69) is 24.4 Å². The van der Waals surface area contributed by atoms with Gasteiger partial charge in [-0.05, 0) is 42.3 Å². The molecule has 0 fully saturated rings. The summed E-state index contributed by atoms with van der Waals surface area (Å²) in [5.41, 5.74) is 9.58. The Labute approximate surface area is 124 Å². The molecule has 0 aliphatic heterocycles. The van der Waals surface area contributed by atoms with Crippen molar-refractivity contribution in [2.45, 2.75) is 19.8 Å². The van der Waals surface area contributed by atoms with E-state index in [1.165, 1.54) is 12.7 Å². The Morgan fingerprint density at radius 3 is 2.52 bits per heavy atom. The lowest BCUT2D eigenvalue weighted by molar-refractivity contribution is 0.0602. The van der Waals surface area contributed by atoms with Crippen molar-refractivity contribution in [1.82, 2.24) is 0 Å². The van der Waals surface area contributed by atoms with Crippen LogP contribution in [0.3, 0.4) is 0 Å². The summed E-state index contributed by atoms with van der Waals surface area (Å²) in [7, 11) is 1.36. The third-order valence-corrected chi connectivity index (χ3v) is 3.22. The summed E-state index contributed by atoms with van der Waals surface area (Å²) in [5.74, 6) is -0.410. The fourth-order valence-electron chi connectivity index (χ4n) is 2.15. The van der Waals surface area contributed by atoms with Crippen LogP contribution in [0.1, 0.15) is 29.3 Å². The van der Waals surface area contributed by atoms with Crippen molar-refractivity contribution in [2.75, 3.05) is 18.2 Å². The summed E-state index contributed by atoms with van der Waals surface area (Å²) in [6, 6.07) is 13.3. The Morgan fingerprint density at radius 1 is 1.19 bits per heavy atom. The maximum Gasteiger partial charge on any atom is 0.340 e. The van der Waals surface area contributed by atoms with Crippen LogP contribution in [-0.2, 0) is 11.2 Å². The van der Waals surface area contributed by atoms with Crippen molar-refractivity contribution in [3.05, 3.63) is 53.6 Å². The first-order valence-electron chi connectivity index (χ1n) is 6.98. The molecule has 21 heavy (non-hydrogen) atoms. The van der Waals surface area contributed by atoms with E-state index >= 15 is 0 Å². The summed E-state index contributed by atoms with van der Waals surface area (Å²) < 4.78 is 4.79. The number of hydrogen-bond acceptors (Lipinski definition) is 4. The molecule has 0 radical (unpaired) electrons. The number of ether oxygens (including phenoxy) is 1. The van der Waals surface area contributed by atoms with Crippen LogP contribution < -0.4 is 11.1 Å². The van der Waals surface area contributed by atoms with Gasteiger partial charge in [0, 0.05) is 11.4 Å². The van der Waals surface area contributed by atoms with Gasteiger partial charge in [-0.1, -0.05) is 25.5 Å². The molecule has 4 heteroatoms. The van der Waals surface area contributed by atoms with Gasteiger partial charge in [-0.25, -0.2) is 4.79 Å². The van der Waals surface area contributed by atoms with E-state index in [0.29, 0.717) is 16.9 Å².